The molecule has 1 heterocycles. The highest BCUT2D eigenvalue weighted by atomic mass is 32.2. The molecule has 0 amide bonds. The van der Waals surface area contributed by atoms with Crippen molar-refractivity contribution in [2.45, 2.75) is 180 Å². The van der Waals surface area contributed by atoms with Crippen molar-refractivity contribution in [2.75, 3.05) is 18.6 Å². The molecule has 1 atom stereocenters. The van der Waals surface area contributed by atoms with Crippen LogP contribution in [0.3, 0.4) is 0 Å². The second kappa shape index (κ2) is 31.3. The molecule has 0 aromatic carbocycles. The van der Waals surface area contributed by atoms with E-state index in [0.29, 0.717) is 11.7 Å². The Morgan fingerprint density at radius 3 is 1.38 bits per heavy atom. The first-order chi connectivity index (χ1) is 23.4. The van der Waals surface area contributed by atoms with Gasteiger partial charge in [-0.1, -0.05) is 151 Å². The van der Waals surface area contributed by atoms with Gasteiger partial charge in [-0.05, 0) is 102 Å². The first-order valence-electron chi connectivity index (χ1n) is 20.1. The Labute approximate surface area is 299 Å². The van der Waals surface area contributed by atoms with Crippen LogP contribution in [0.15, 0.2) is 72.9 Å². The summed E-state index contributed by atoms with van der Waals surface area (Å²) in [7, 11) is -2.88. The lowest BCUT2D eigenvalue weighted by Crippen LogP contribution is -2.28. The van der Waals surface area contributed by atoms with E-state index in [-0.39, 0.29) is 5.60 Å². The van der Waals surface area contributed by atoms with E-state index in [2.05, 4.69) is 86.8 Å². The van der Waals surface area contributed by atoms with Gasteiger partial charge in [0, 0.05) is 12.0 Å². The molecular weight excluding hydrogens is 609 g/mol. The predicted octanol–water partition coefficient (Wildman–Crippen LogP) is 13.5. The van der Waals surface area contributed by atoms with E-state index in [4.69, 9.17) is 4.74 Å². The first-order valence-corrected chi connectivity index (χ1v) is 22.2. The Hall–Kier alpha value is -1.65. The number of unbranched alkanes of at least 4 members (excludes halogenated alkanes) is 12. The molecular formula is C44H76O3S. The highest BCUT2D eigenvalue weighted by Gasteiger charge is 2.39. The van der Waals surface area contributed by atoms with E-state index in [1.807, 2.05) is 0 Å². The maximum absolute atomic E-state index is 11.6. The lowest BCUT2D eigenvalue weighted by Gasteiger charge is -2.29. The highest BCUT2D eigenvalue weighted by molar-refractivity contribution is 7.90. The second-order valence-corrected chi connectivity index (χ2v) is 16.5. The van der Waals surface area contributed by atoms with E-state index in [1.54, 1.807) is 0 Å². The van der Waals surface area contributed by atoms with Crippen LogP contribution in [0, 0.1) is 5.92 Å². The Kier molecular flexibility index (Phi) is 29.0. The van der Waals surface area contributed by atoms with Crippen molar-refractivity contribution in [3.05, 3.63) is 72.9 Å². The van der Waals surface area contributed by atoms with Crippen LogP contribution in [0.2, 0.25) is 0 Å². The van der Waals surface area contributed by atoms with Crippen LogP contribution >= 0.6 is 0 Å². The van der Waals surface area contributed by atoms with Crippen LogP contribution in [0.1, 0.15) is 174 Å². The Morgan fingerprint density at radius 1 is 0.542 bits per heavy atom. The number of hydrogen-bond donors (Lipinski definition) is 0. The van der Waals surface area contributed by atoms with Crippen molar-refractivity contribution in [1.82, 2.24) is 0 Å². The van der Waals surface area contributed by atoms with Gasteiger partial charge in [-0.3, -0.25) is 0 Å². The molecule has 3 nitrogen and oxygen atoms in total. The van der Waals surface area contributed by atoms with E-state index in [0.717, 1.165) is 64.4 Å². The molecule has 0 radical (unpaired) electrons. The summed E-state index contributed by atoms with van der Waals surface area (Å²) >= 11 is 0. The van der Waals surface area contributed by atoms with Crippen LogP contribution in [0.25, 0.3) is 0 Å². The van der Waals surface area contributed by atoms with Gasteiger partial charge in [0.1, 0.15) is 9.84 Å². The van der Waals surface area contributed by atoms with E-state index < -0.39 is 9.84 Å². The largest absolute Gasteiger partial charge is 0.375 e. The van der Waals surface area contributed by atoms with Gasteiger partial charge in [0.2, 0.25) is 0 Å². The molecule has 1 aliphatic rings. The second-order valence-electron chi connectivity index (χ2n) is 14.2. The molecule has 1 aliphatic heterocycles. The summed E-state index contributed by atoms with van der Waals surface area (Å²) in [4.78, 5) is 0. The number of rotatable bonds is 32. The fraction of sp³-hybridized carbons (Fsp3) is 0.727. The van der Waals surface area contributed by atoms with E-state index in [1.165, 1.54) is 109 Å². The zero-order chi connectivity index (χ0) is 34.9. The third-order valence-electron chi connectivity index (χ3n) is 9.48. The topological polar surface area (TPSA) is 43.4 Å². The van der Waals surface area contributed by atoms with Gasteiger partial charge in [0.15, 0.2) is 0 Å². The molecule has 1 rings (SSSR count). The van der Waals surface area contributed by atoms with Crippen molar-refractivity contribution in [2.24, 2.45) is 5.92 Å². The summed E-state index contributed by atoms with van der Waals surface area (Å²) < 4.78 is 29.9. The van der Waals surface area contributed by atoms with E-state index in [9.17, 15) is 8.42 Å². The molecule has 1 unspecified atom stereocenters. The van der Waals surface area contributed by atoms with Crippen LogP contribution in [0.5, 0.6) is 0 Å². The summed E-state index contributed by atoms with van der Waals surface area (Å²) in [6.07, 6.45) is 58.5. The number of allylic oxidation sites excluding steroid dienone is 12. The van der Waals surface area contributed by atoms with Crippen molar-refractivity contribution >= 4 is 9.84 Å². The maximum atomic E-state index is 11.6. The third-order valence-corrected chi connectivity index (χ3v) is 10.5. The minimum atomic E-state index is -2.88. The minimum absolute atomic E-state index is 0.0345. The molecule has 276 valence electrons. The number of ether oxygens (including phenoxy) is 1. The van der Waals surface area contributed by atoms with Crippen molar-refractivity contribution < 1.29 is 13.2 Å². The minimum Gasteiger partial charge on any atom is -0.375 e. The summed E-state index contributed by atoms with van der Waals surface area (Å²) in [6, 6.07) is 0. The molecule has 0 aromatic heterocycles. The molecule has 1 saturated heterocycles. The van der Waals surface area contributed by atoms with Gasteiger partial charge in [-0.25, -0.2) is 8.42 Å². The maximum Gasteiger partial charge on any atom is 0.147 e. The molecule has 0 N–H and O–H groups in total. The molecule has 0 saturated carbocycles. The van der Waals surface area contributed by atoms with Crippen LogP contribution < -0.4 is 0 Å². The van der Waals surface area contributed by atoms with Gasteiger partial charge >= 0.3 is 0 Å². The SMILES string of the molecule is CC/C=C\C/C=C\C/C=C\CCCCCCCCC1(CCCCCCCC/C=C\C/C=C\C/C=C\CC)CC(CCCS(C)(=O)=O)CO1. The van der Waals surface area contributed by atoms with Crippen molar-refractivity contribution in [1.29, 1.82) is 0 Å². The molecule has 0 aromatic rings. The summed E-state index contributed by atoms with van der Waals surface area (Å²) in [5.74, 6) is 0.832. The average molecular weight is 685 g/mol. The smallest absolute Gasteiger partial charge is 0.147 e. The lowest BCUT2D eigenvalue weighted by atomic mass is 9.83. The monoisotopic (exact) mass is 685 g/mol. The number of sulfone groups is 1. The predicted molar refractivity (Wildman–Crippen MR) is 213 cm³/mol. The molecule has 0 aliphatic carbocycles. The standard InChI is InChI=1S/C44H76O3S/c1-4-6-8-10-12-14-16-18-20-22-24-26-28-30-32-34-38-44(41-43(42-47-44)37-36-40-48(3,45)46)39-35-33-31-29-27-25-23-21-19-17-15-13-11-9-7-5-2/h6-9,12-15,18-21,43H,4-5,10-11,16-17,22-42H2,1-3H3/b8-6-,9-7-,14-12-,15-13-,20-18-,21-19-. The van der Waals surface area contributed by atoms with Crippen LogP contribution in [-0.4, -0.2) is 32.6 Å². The van der Waals surface area contributed by atoms with Crippen molar-refractivity contribution in [3.63, 3.8) is 0 Å². The Morgan fingerprint density at radius 2 is 0.938 bits per heavy atom. The fourth-order valence-corrected chi connectivity index (χ4v) is 7.41. The third kappa shape index (κ3) is 28.2. The first kappa shape index (κ1) is 44.4. The van der Waals surface area contributed by atoms with Crippen LogP contribution in [0.4, 0.5) is 0 Å². The van der Waals surface area contributed by atoms with Gasteiger partial charge < -0.3 is 4.74 Å². The zero-order valence-electron chi connectivity index (χ0n) is 31.7. The van der Waals surface area contributed by atoms with Gasteiger partial charge in [-0.15, -0.1) is 0 Å². The van der Waals surface area contributed by atoms with Gasteiger partial charge in [0.25, 0.3) is 0 Å². The lowest BCUT2D eigenvalue weighted by molar-refractivity contribution is -0.0142. The van der Waals surface area contributed by atoms with Gasteiger partial charge in [0.05, 0.1) is 12.2 Å². The summed E-state index contributed by atoms with van der Waals surface area (Å²) in [5, 5.41) is 0. The molecule has 0 bridgehead atoms. The normalized spacial score (nSPS) is 17.3. The number of hydrogen-bond acceptors (Lipinski definition) is 3. The average Bonchev–Trinajstić information content (AvgIpc) is 3.46. The fourth-order valence-electron chi connectivity index (χ4n) is 6.72. The molecule has 48 heavy (non-hydrogen) atoms. The molecule has 0 spiro atoms. The summed E-state index contributed by atoms with van der Waals surface area (Å²) in [5.41, 5.74) is 0.0345. The zero-order valence-corrected chi connectivity index (χ0v) is 32.5. The molecule has 1 fully saturated rings. The van der Waals surface area contributed by atoms with Crippen molar-refractivity contribution in [3.8, 4) is 0 Å². The quantitative estimate of drug-likeness (QED) is 0.0523. The molecule has 4 heteroatoms. The van der Waals surface area contributed by atoms with Gasteiger partial charge in [-0.2, -0.15) is 0 Å². The Balaban J connectivity index is 2.25. The Bertz CT molecular complexity index is 960. The highest BCUT2D eigenvalue weighted by Crippen LogP contribution is 2.40. The van der Waals surface area contributed by atoms with E-state index >= 15 is 0 Å². The summed E-state index contributed by atoms with van der Waals surface area (Å²) in [6.45, 7) is 5.17. The van der Waals surface area contributed by atoms with Crippen LogP contribution in [-0.2, 0) is 14.6 Å².